The Bertz CT molecular complexity index is 409. The Labute approximate surface area is 111 Å². The average molecular weight is 246 g/mol. The van der Waals surface area contributed by atoms with Crippen LogP contribution < -0.4 is 5.73 Å². The second kappa shape index (κ2) is 4.65. The molecule has 0 radical (unpaired) electrons. The monoisotopic (exact) mass is 246 g/mol. The molecule has 0 saturated heterocycles. The summed E-state index contributed by atoms with van der Waals surface area (Å²) < 4.78 is 0. The van der Waals surface area contributed by atoms with Gasteiger partial charge in [-0.1, -0.05) is 26.8 Å². The number of aromatic nitrogens is 1. The van der Waals surface area contributed by atoms with Crippen LogP contribution in [0.5, 0.6) is 0 Å². The van der Waals surface area contributed by atoms with E-state index in [4.69, 9.17) is 5.73 Å². The van der Waals surface area contributed by atoms with Crippen molar-refractivity contribution in [2.24, 2.45) is 17.1 Å². The minimum Gasteiger partial charge on any atom is -0.321 e. The molecule has 2 nitrogen and oxygen atoms in total. The highest BCUT2D eigenvalue weighted by atomic mass is 14.8. The summed E-state index contributed by atoms with van der Waals surface area (Å²) in [6.07, 6.45) is 8.47. The molecule has 0 atom stereocenters. The van der Waals surface area contributed by atoms with E-state index in [1.807, 2.05) is 12.4 Å². The third-order valence-electron chi connectivity index (χ3n) is 4.55. The van der Waals surface area contributed by atoms with Gasteiger partial charge in [-0.2, -0.15) is 0 Å². The van der Waals surface area contributed by atoms with Crippen molar-refractivity contribution in [3.8, 4) is 0 Å². The van der Waals surface area contributed by atoms with Gasteiger partial charge in [-0.3, -0.25) is 4.98 Å². The number of nitrogens with zero attached hydrogens (tertiary/aromatic N) is 1. The zero-order chi connectivity index (χ0) is 13.4. The fourth-order valence-corrected chi connectivity index (χ4v) is 3.11. The highest BCUT2D eigenvalue weighted by Gasteiger charge is 2.37. The number of rotatable bonds is 1. The molecule has 1 aliphatic rings. The molecular weight excluding hydrogens is 220 g/mol. The molecule has 0 spiro atoms. The Morgan fingerprint density at radius 2 is 1.83 bits per heavy atom. The standard InChI is InChI=1S/C16H26N2/c1-12-9-14(11-18-10-12)16(17)7-5-13(6-8-16)15(2,3)4/h9-11,13H,5-8,17H2,1-4H3. The number of hydrogen-bond acceptors (Lipinski definition) is 2. The summed E-state index contributed by atoms with van der Waals surface area (Å²) in [6.45, 7) is 9.11. The average Bonchev–Trinajstić information content (AvgIpc) is 2.28. The van der Waals surface area contributed by atoms with E-state index >= 15 is 0 Å². The molecule has 1 aromatic heterocycles. The molecule has 0 bridgehead atoms. The van der Waals surface area contributed by atoms with Gasteiger partial charge >= 0.3 is 0 Å². The highest BCUT2D eigenvalue weighted by molar-refractivity contribution is 5.25. The predicted molar refractivity (Wildman–Crippen MR) is 76.3 cm³/mol. The summed E-state index contributed by atoms with van der Waals surface area (Å²) in [5, 5.41) is 0. The molecule has 0 aromatic carbocycles. The minimum atomic E-state index is -0.152. The van der Waals surface area contributed by atoms with Crippen LogP contribution >= 0.6 is 0 Å². The third kappa shape index (κ3) is 2.74. The SMILES string of the molecule is Cc1cncc(C2(N)CCC(C(C)(C)C)CC2)c1. The van der Waals surface area contributed by atoms with E-state index in [0.717, 1.165) is 18.8 Å². The normalized spacial score (nSPS) is 29.3. The van der Waals surface area contributed by atoms with E-state index < -0.39 is 0 Å². The Balaban J connectivity index is 2.12. The van der Waals surface area contributed by atoms with Crippen LogP contribution in [0.1, 0.15) is 57.6 Å². The van der Waals surface area contributed by atoms with E-state index in [0.29, 0.717) is 5.41 Å². The fraction of sp³-hybridized carbons (Fsp3) is 0.688. The zero-order valence-corrected chi connectivity index (χ0v) is 12.2. The maximum absolute atomic E-state index is 6.61. The van der Waals surface area contributed by atoms with Crippen LogP contribution in [0.15, 0.2) is 18.5 Å². The topological polar surface area (TPSA) is 38.9 Å². The van der Waals surface area contributed by atoms with Gasteiger partial charge in [0.15, 0.2) is 0 Å². The molecule has 0 unspecified atom stereocenters. The largest absolute Gasteiger partial charge is 0.321 e. The Morgan fingerprint density at radius 3 is 2.33 bits per heavy atom. The van der Waals surface area contributed by atoms with Gasteiger partial charge in [-0.05, 0) is 55.1 Å². The lowest BCUT2D eigenvalue weighted by molar-refractivity contribution is 0.134. The van der Waals surface area contributed by atoms with Gasteiger partial charge < -0.3 is 5.73 Å². The van der Waals surface area contributed by atoms with Crippen molar-refractivity contribution < 1.29 is 0 Å². The molecule has 1 aliphatic carbocycles. The van der Waals surface area contributed by atoms with Crippen molar-refractivity contribution in [3.05, 3.63) is 29.6 Å². The maximum atomic E-state index is 6.61. The fourth-order valence-electron chi connectivity index (χ4n) is 3.11. The number of nitrogens with two attached hydrogens (primary N) is 1. The van der Waals surface area contributed by atoms with Crippen molar-refractivity contribution in [1.29, 1.82) is 0 Å². The molecule has 100 valence electrons. The first-order chi connectivity index (χ1) is 8.31. The molecule has 2 rings (SSSR count). The molecule has 1 aromatic rings. The van der Waals surface area contributed by atoms with Crippen molar-refractivity contribution >= 4 is 0 Å². The Hall–Kier alpha value is -0.890. The summed E-state index contributed by atoms with van der Waals surface area (Å²) in [7, 11) is 0. The lowest BCUT2D eigenvalue weighted by Crippen LogP contribution is -2.42. The molecule has 2 N–H and O–H groups in total. The summed E-state index contributed by atoms with van der Waals surface area (Å²) in [5.41, 5.74) is 9.29. The predicted octanol–water partition coefficient (Wildman–Crippen LogP) is 3.78. The first kappa shape index (κ1) is 13.5. The van der Waals surface area contributed by atoms with Crippen LogP contribution in [-0.2, 0) is 5.54 Å². The molecule has 1 fully saturated rings. The molecule has 0 aliphatic heterocycles. The van der Waals surface area contributed by atoms with E-state index in [1.165, 1.54) is 24.0 Å². The van der Waals surface area contributed by atoms with Crippen LogP contribution in [0.25, 0.3) is 0 Å². The van der Waals surface area contributed by atoms with Crippen molar-refractivity contribution in [1.82, 2.24) is 4.98 Å². The van der Waals surface area contributed by atoms with Gasteiger partial charge in [0.2, 0.25) is 0 Å². The van der Waals surface area contributed by atoms with Gasteiger partial charge in [-0.15, -0.1) is 0 Å². The molecule has 18 heavy (non-hydrogen) atoms. The minimum absolute atomic E-state index is 0.152. The summed E-state index contributed by atoms with van der Waals surface area (Å²) >= 11 is 0. The van der Waals surface area contributed by atoms with Crippen LogP contribution in [0, 0.1) is 18.3 Å². The molecule has 0 amide bonds. The molecule has 1 saturated carbocycles. The molecular formula is C16H26N2. The molecule has 1 heterocycles. The number of aryl methyl sites for hydroxylation is 1. The summed E-state index contributed by atoms with van der Waals surface area (Å²) in [4.78, 5) is 4.29. The third-order valence-corrected chi connectivity index (χ3v) is 4.55. The van der Waals surface area contributed by atoms with Gasteiger partial charge in [-0.25, -0.2) is 0 Å². The highest BCUT2D eigenvalue weighted by Crippen LogP contribution is 2.44. The van der Waals surface area contributed by atoms with Crippen molar-refractivity contribution in [2.75, 3.05) is 0 Å². The van der Waals surface area contributed by atoms with Crippen molar-refractivity contribution in [2.45, 2.75) is 58.9 Å². The van der Waals surface area contributed by atoms with E-state index in [1.54, 1.807) is 0 Å². The van der Waals surface area contributed by atoms with E-state index in [2.05, 4.69) is 38.7 Å². The van der Waals surface area contributed by atoms with Crippen LogP contribution in [0.2, 0.25) is 0 Å². The van der Waals surface area contributed by atoms with Crippen LogP contribution in [-0.4, -0.2) is 4.98 Å². The maximum Gasteiger partial charge on any atom is 0.0425 e. The van der Waals surface area contributed by atoms with Gasteiger partial charge in [0.1, 0.15) is 0 Å². The first-order valence-electron chi connectivity index (χ1n) is 7.02. The summed E-state index contributed by atoms with van der Waals surface area (Å²) in [6, 6.07) is 2.20. The van der Waals surface area contributed by atoms with Gasteiger partial charge in [0.25, 0.3) is 0 Å². The van der Waals surface area contributed by atoms with Crippen LogP contribution in [0.3, 0.4) is 0 Å². The second-order valence-electron chi connectivity index (χ2n) is 7.05. The Kier molecular flexibility index (Phi) is 3.50. The number of hydrogen-bond donors (Lipinski definition) is 1. The lowest BCUT2D eigenvalue weighted by Gasteiger charge is -2.42. The van der Waals surface area contributed by atoms with E-state index in [9.17, 15) is 0 Å². The summed E-state index contributed by atoms with van der Waals surface area (Å²) in [5.74, 6) is 0.798. The first-order valence-corrected chi connectivity index (χ1v) is 7.02. The lowest BCUT2D eigenvalue weighted by atomic mass is 9.66. The quantitative estimate of drug-likeness (QED) is 0.819. The number of pyridine rings is 1. The van der Waals surface area contributed by atoms with Crippen molar-refractivity contribution in [3.63, 3.8) is 0 Å². The second-order valence-corrected chi connectivity index (χ2v) is 7.05. The zero-order valence-electron chi connectivity index (χ0n) is 12.2. The Morgan fingerprint density at radius 1 is 1.22 bits per heavy atom. The van der Waals surface area contributed by atoms with Gasteiger partial charge in [0, 0.05) is 17.9 Å². The van der Waals surface area contributed by atoms with E-state index in [-0.39, 0.29) is 5.54 Å². The molecule has 2 heteroatoms. The smallest absolute Gasteiger partial charge is 0.0425 e. The van der Waals surface area contributed by atoms with Crippen LogP contribution in [0.4, 0.5) is 0 Å². The van der Waals surface area contributed by atoms with Gasteiger partial charge in [0.05, 0.1) is 0 Å².